The van der Waals surface area contributed by atoms with Crippen LogP contribution in [-0.4, -0.2) is 67.4 Å². The highest BCUT2D eigenvalue weighted by molar-refractivity contribution is 5.98. The van der Waals surface area contributed by atoms with E-state index in [0.717, 1.165) is 0 Å². The first-order valence-corrected chi connectivity index (χ1v) is 6.76. The summed E-state index contributed by atoms with van der Waals surface area (Å²) in [5.74, 6) is -3.36. The third-order valence-electron chi connectivity index (χ3n) is 3.43. The molecule has 0 bridgehead atoms. The van der Waals surface area contributed by atoms with Gasteiger partial charge in [-0.25, -0.2) is 0 Å². The second kappa shape index (κ2) is 6.60. The first-order chi connectivity index (χ1) is 10.6. The van der Waals surface area contributed by atoms with E-state index in [9.17, 15) is 24.3 Å². The summed E-state index contributed by atoms with van der Waals surface area (Å²) in [5.41, 5.74) is 3.85. The van der Waals surface area contributed by atoms with Gasteiger partial charge < -0.3 is 26.4 Å². The molecule has 3 unspecified atom stereocenters. The lowest BCUT2D eigenvalue weighted by molar-refractivity contribution is -0.431. The van der Waals surface area contributed by atoms with Gasteiger partial charge in [-0.15, -0.1) is 0 Å². The summed E-state index contributed by atoms with van der Waals surface area (Å²) in [5, 5.41) is 31.6. The number of rotatable bonds is 7. The second-order valence-corrected chi connectivity index (χ2v) is 5.08. The molecule has 0 aliphatic carbocycles. The lowest BCUT2D eigenvalue weighted by Gasteiger charge is -2.17. The van der Waals surface area contributed by atoms with Crippen LogP contribution < -0.4 is 16.4 Å². The average Bonchev–Trinajstić information content (AvgIpc) is 3.02. The van der Waals surface area contributed by atoms with Crippen LogP contribution >= 0.6 is 0 Å². The Kier molecular flexibility index (Phi) is 5.27. The topological polar surface area (TPSA) is 182 Å². The number of aliphatic carboxylic acids is 1. The molecule has 0 radical (unpaired) electrons. The molecular formula is C12H19N4O7+. The Labute approximate surface area is 130 Å². The number of nitrogens with zero attached hydrogens (tertiary/aromatic N) is 1. The molecule has 1 aliphatic rings. The van der Waals surface area contributed by atoms with Gasteiger partial charge in [-0.2, -0.15) is 4.79 Å². The van der Waals surface area contributed by atoms with Crippen molar-refractivity contribution in [3.8, 4) is 0 Å². The van der Waals surface area contributed by atoms with Gasteiger partial charge in [-0.3, -0.25) is 19.7 Å². The zero-order valence-electron chi connectivity index (χ0n) is 12.6. The van der Waals surface area contributed by atoms with Gasteiger partial charge in [0, 0.05) is 6.42 Å². The van der Waals surface area contributed by atoms with E-state index in [1.165, 1.54) is 6.92 Å². The Morgan fingerprint density at radius 2 is 1.83 bits per heavy atom. The fraction of sp³-hybridized carbons (Fsp3) is 0.583. The summed E-state index contributed by atoms with van der Waals surface area (Å²) in [4.78, 5) is 45.1. The molecule has 11 heteroatoms. The number of hydrogen-bond donors (Lipinski definition) is 6. The van der Waals surface area contributed by atoms with Crippen LogP contribution in [0, 0.1) is 0 Å². The average molecular weight is 331 g/mol. The van der Waals surface area contributed by atoms with Gasteiger partial charge in [0.25, 0.3) is 0 Å². The van der Waals surface area contributed by atoms with Gasteiger partial charge in [0.2, 0.25) is 11.8 Å². The first kappa shape index (κ1) is 18.4. The molecule has 0 spiro atoms. The van der Waals surface area contributed by atoms with Crippen LogP contribution in [0.15, 0.2) is 0 Å². The molecule has 11 nitrogen and oxygen atoms in total. The van der Waals surface area contributed by atoms with Gasteiger partial charge in [0.1, 0.15) is 6.04 Å². The maximum absolute atomic E-state index is 12.0. The van der Waals surface area contributed by atoms with Gasteiger partial charge in [0.15, 0.2) is 0 Å². The molecule has 0 saturated heterocycles. The van der Waals surface area contributed by atoms with E-state index in [4.69, 9.17) is 15.9 Å². The molecule has 1 aliphatic heterocycles. The molecule has 7 N–H and O–H groups in total. The standard InChI is InChI=1S/C12H18N4O7/c1-3-12(10(21)16(12)11(22)23)15-8(19)5(2)14-9(20)6(13)4-7(17)18/h5-6H,3-4,13H2,1-2H3,(H4,14,15,17,18,19,20,22,23)/p+1. The smallest absolute Gasteiger partial charge is 0.481 e. The Balaban J connectivity index is 2.63. The number of aliphatic hydroxyl groups is 1. The maximum atomic E-state index is 12.0. The van der Waals surface area contributed by atoms with E-state index < -0.39 is 53.9 Å². The second-order valence-electron chi connectivity index (χ2n) is 5.08. The number of carboxylic acid groups (broad SMARTS) is 2. The minimum atomic E-state index is -1.51. The van der Waals surface area contributed by atoms with Crippen molar-refractivity contribution in [1.29, 1.82) is 0 Å². The van der Waals surface area contributed by atoms with E-state index in [1.807, 2.05) is 0 Å². The number of aliphatic hydroxyl groups excluding tert-OH is 1. The molecule has 3 atom stereocenters. The largest absolute Gasteiger partial charge is 0.599 e. The molecule has 0 aromatic carbocycles. The molecule has 1 rings (SSSR count). The van der Waals surface area contributed by atoms with Gasteiger partial charge in [-0.1, -0.05) is 6.92 Å². The lowest BCUT2D eigenvalue weighted by atomic mass is 10.1. The van der Waals surface area contributed by atoms with Crippen LogP contribution in [0.3, 0.4) is 0 Å². The molecule has 0 aromatic heterocycles. The zero-order chi connectivity index (χ0) is 17.9. The van der Waals surface area contributed by atoms with Crippen LogP contribution in [0.5, 0.6) is 0 Å². The Hall–Kier alpha value is -2.69. The van der Waals surface area contributed by atoms with Crippen molar-refractivity contribution in [3.05, 3.63) is 0 Å². The minimum absolute atomic E-state index is 0.0933. The summed E-state index contributed by atoms with van der Waals surface area (Å²) < 4.78 is 0.593. The lowest BCUT2D eigenvalue weighted by Crippen LogP contribution is -2.55. The van der Waals surface area contributed by atoms with E-state index in [-0.39, 0.29) is 6.42 Å². The number of nitrogens with two attached hydrogens (primary N) is 1. The molecule has 0 saturated carbocycles. The molecule has 0 aromatic rings. The predicted octanol–water partition coefficient (Wildman–Crippen LogP) is -1.82. The van der Waals surface area contributed by atoms with Crippen molar-refractivity contribution in [3.63, 3.8) is 0 Å². The van der Waals surface area contributed by atoms with Crippen LogP contribution in [0.25, 0.3) is 0 Å². The summed E-state index contributed by atoms with van der Waals surface area (Å²) in [6, 6.07) is -2.42. The van der Waals surface area contributed by atoms with Crippen LogP contribution in [0.1, 0.15) is 26.7 Å². The monoisotopic (exact) mass is 331 g/mol. The SMILES string of the molecule is CCC1(NC(=O)C(C)NC(=O)C(N)CC(=O)O)C(O)=[N+]1C(=O)O. The molecule has 128 valence electrons. The van der Waals surface area contributed by atoms with Crippen molar-refractivity contribution < 1.29 is 39.1 Å². The Morgan fingerprint density at radius 1 is 1.26 bits per heavy atom. The number of amides is 3. The molecule has 0 fully saturated rings. The Bertz CT molecular complexity index is 588. The summed E-state index contributed by atoms with van der Waals surface area (Å²) in [6.07, 6.45) is -1.93. The molecule has 3 amide bonds. The van der Waals surface area contributed by atoms with Gasteiger partial charge in [0.05, 0.1) is 12.5 Å². The summed E-state index contributed by atoms with van der Waals surface area (Å²) in [7, 11) is 0. The highest BCUT2D eigenvalue weighted by Crippen LogP contribution is 2.26. The van der Waals surface area contributed by atoms with E-state index >= 15 is 0 Å². The summed E-state index contributed by atoms with van der Waals surface area (Å²) in [6.45, 7) is 2.88. The number of carboxylic acids is 1. The van der Waals surface area contributed by atoms with E-state index in [2.05, 4.69) is 10.6 Å². The number of nitrogens with one attached hydrogen (secondary N) is 2. The van der Waals surface area contributed by atoms with Crippen molar-refractivity contribution in [2.75, 3.05) is 0 Å². The number of hydrogen-bond acceptors (Lipinski definition) is 5. The molecule has 1 heterocycles. The number of carbonyl (C=O) groups excluding carboxylic acids is 2. The molecular weight excluding hydrogens is 312 g/mol. The first-order valence-electron chi connectivity index (χ1n) is 6.76. The fourth-order valence-corrected chi connectivity index (χ4v) is 2.02. The third kappa shape index (κ3) is 3.74. The van der Waals surface area contributed by atoms with Gasteiger partial charge >= 0.3 is 23.6 Å². The fourth-order valence-electron chi connectivity index (χ4n) is 2.02. The highest BCUT2D eigenvalue weighted by Gasteiger charge is 2.72. The highest BCUT2D eigenvalue weighted by atomic mass is 16.4. The van der Waals surface area contributed by atoms with E-state index in [1.54, 1.807) is 6.92 Å². The summed E-state index contributed by atoms with van der Waals surface area (Å²) >= 11 is 0. The van der Waals surface area contributed by atoms with Crippen molar-refractivity contribution in [2.45, 2.75) is 44.4 Å². The quantitative estimate of drug-likeness (QED) is 0.294. The van der Waals surface area contributed by atoms with Crippen LogP contribution in [0.2, 0.25) is 0 Å². The van der Waals surface area contributed by atoms with Crippen molar-refractivity contribution in [2.24, 2.45) is 5.73 Å². The normalized spacial score (nSPS) is 22.0. The zero-order valence-corrected chi connectivity index (χ0v) is 12.6. The van der Waals surface area contributed by atoms with Crippen LogP contribution in [-0.2, 0) is 14.4 Å². The Morgan fingerprint density at radius 3 is 2.22 bits per heavy atom. The van der Waals surface area contributed by atoms with E-state index in [0.29, 0.717) is 4.58 Å². The third-order valence-corrected chi connectivity index (χ3v) is 3.43. The maximum Gasteiger partial charge on any atom is 0.599 e. The predicted molar refractivity (Wildman–Crippen MR) is 74.9 cm³/mol. The van der Waals surface area contributed by atoms with Gasteiger partial charge in [-0.05, 0) is 11.5 Å². The molecule has 23 heavy (non-hydrogen) atoms. The van der Waals surface area contributed by atoms with Crippen molar-refractivity contribution >= 4 is 29.8 Å². The van der Waals surface area contributed by atoms with Crippen LogP contribution in [0.4, 0.5) is 4.79 Å². The number of carbonyl (C=O) groups is 4. The minimum Gasteiger partial charge on any atom is -0.481 e. The van der Waals surface area contributed by atoms with Crippen molar-refractivity contribution in [1.82, 2.24) is 10.6 Å².